The van der Waals surface area contributed by atoms with E-state index in [4.69, 9.17) is 11.6 Å². The van der Waals surface area contributed by atoms with Crippen LogP contribution in [0.25, 0.3) is 5.69 Å². The van der Waals surface area contributed by atoms with Crippen molar-refractivity contribution in [1.82, 2.24) is 24.9 Å². The molecule has 1 amide bonds. The largest absolute Gasteiger partial charge is 0.352 e. The highest BCUT2D eigenvalue weighted by molar-refractivity contribution is 6.33. The van der Waals surface area contributed by atoms with Crippen LogP contribution in [0, 0.1) is 6.92 Å². The predicted octanol–water partition coefficient (Wildman–Crippen LogP) is 2.85. The van der Waals surface area contributed by atoms with Crippen LogP contribution in [0.15, 0.2) is 48.8 Å². The number of carbonyl (C=O) groups excluding carboxylic acids is 1. The SMILES string of the molecule is Cc1nn(-c2ccccc2)c(Cl)c1C(=O)NCCCn1cccn1. The van der Waals surface area contributed by atoms with E-state index in [-0.39, 0.29) is 5.91 Å². The first kappa shape index (κ1) is 16.3. The summed E-state index contributed by atoms with van der Waals surface area (Å²) in [6.07, 6.45) is 4.42. The molecule has 0 spiro atoms. The molecule has 0 aliphatic heterocycles. The van der Waals surface area contributed by atoms with E-state index in [1.54, 1.807) is 17.8 Å². The standard InChI is InChI=1S/C17H18ClN5O/c1-13-15(16(18)23(21-13)14-7-3-2-4-8-14)17(24)19-9-5-11-22-12-6-10-20-22/h2-4,6-8,10,12H,5,9,11H2,1H3,(H,19,24). The van der Waals surface area contributed by atoms with Gasteiger partial charge in [0.2, 0.25) is 0 Å². The summed E-state index contributed by atoms with van der Waals surface area (Å²) in [5, 5.41) is 11.7. The highest BCUT2D eigenvalue weighted by atomic mass is 35.5. The fourth-order valence-corrected chi connectivity index (χ4v) is 2.82. The van der Waals surface area contributed by atoms with E-state index in [2.05, 4.69) is 15.5 Å². The summed E-state index contributed by atoms with van der Waals surface area (Å²) in [6.45, 7) is 3.08. The highest BCUT2D eigenvalue weighted by Crippen LogP contribution is 2.23. The summed E-state index contributed by atoms with van der Waals surface area (Å²) in [7, 11) is 0. The van der Waals surface area contributed by atoms with E-state index in [1.165, 1.54) is 0 Å². The van der Waals surface area contributed by atoms with Crippen LogP contribution in [0.4, 0.5) is 0 Å². The molecule has 2 heterocycles. The Bertz CT molecular complexity index is 811. The summed E-state index contributed by atoms with van der Waals surface area (Å²) in [4.78, 5) is 12.4. The maximum Gasteiger partial charge on any atom is 0.256 e. The maximum atomic E-state index is 12.4. The fraction of sp³-hybridized carbons (Fsp3) is 0.235. The van der Waals surface area contributed by atoms with Gasteiger partial charge in [0.15, 0.2) is 0 Å². The summed E-state index contributed by atoms with van der Waals surface area (Å²) >= 11 is 6.38. The van der Waals surface area contributed by atoms with Crippen molar-refractivity contribution in [3.8, 4) is 5.69 Å². The third-order valence-electron chi connectivity index (χ3n) is 3.64. The second-order valence-corrected chi connectivity index (χ2v) is 5.74. The first-order chi connectivity index (χ1) is 11.7. The molecule has 0 fully saturated rings. The number of para-hydroxylation sites is 1. The van der Waals surface area contributed by atoms with Crippen molar-refractivity contribution in [2.24, 2.45) is 0 Å². The van der Waals surface area contributed by atoms with Crippen LogP contribution in [0.3, 0.4) is 0 Å². The van der Waals surface area contributed by atoms with Gasteiger partial charge in [0, 0.05) is 25.5 Å². The van der Waals surface area contributed by atoms with E-state index in [9.17, 15) is 4.79 Å². The maximum absolute atomic E-state index is 12.4. The Labute approximate surface area is 145 Å². The molecule has 0 unspecified atom stereocenters. The van der Waals surface area contributed by atoms with E-state index >= 15 is 0 Å². The molecule has 6 nitrogen and oxygen atoms in total. The Morgan fingerprint density at radius 3 is 2.75 bits per heavy atom. The molecule has 3 rings (SSSR count). The smallest absolute Gasteiger partial charge is 0.256 e. The lowest BCUT2D eigenvalue weighted by atomic mass is 10.2. The minimum absolute atomic E-state index is 0.208. The van der Waals surface area contributed by atoms with Gasteiger partial charge in [-0.1, -0.05) is 29.8 Å². The van der Waals surface area contributed by atoms with Crippen LogP contribution in [-0.4, -0.2) is 32.0 Å². The lowest BCUT2D eigenvalue weighted by molar-refractivity contribution is 0.0952. The molecule has 2 aromatic heterocycles. The van der Waals surface area contributed by atoms with Gasteiger partial charge in [-0.3, -0.25) is 9.48 Å². The molecule has 0 saturated heterocycles. The number of aromatic nitrogens is 4. The summed E-state index contributed by atoms with van der Waals surface area (Å²) in [5.74, 6) is -0.208. The fourth-order valence-electron chi connectivity index (χ4n) is 2.46. The van der Waals surface area contributed by atoms with Gasteiger partial charge in [-0.25, -0.2) is 4.68 Å². The van der Waals surface area contributed by atoms with Crippen molar-refractivity contribution in [3.05, 3.63) is 65.2 Å². The van der Waals surface area contributed by atoms with Crippen molar-refractivity contribution in [2.75, 3.05) is 6.54 Å². The average molecular weight is 344 g/mol. The van der Waals surface area contributed by atoms with Crippen LogP contribution in [0.2, 0.25) is 5.15 Å². The number of amides is 1. The molecule has 0 bridgehead atoms. The minimum atomic E-state index is -0.208. The van der Waals surface area contributed by atoms with E-state index in [0.29, 0.717) is 23.0 Å². The number of halogens is 1. The number of rotatable bonds is 6. The molecule has 24 heavy (non-hydrogen) atoms. The van der Waals surface area contributed by atoms with Crippen molar-refractivity contribution in [1.29, 1.82) is 0 Å². The Balaban J connectivity index is 1.65. The zero-order chi connectivity index (χ0) is 16.9. The normalized spacial score (nSPS) is 10.8. The first-order valence-corrected chi connectivity index (χ1v) is 8.11. The van der Waals surface area contributed by atoms with Crippen molar-refractivity contribution in [2.45, 2.75) is 19.9 Å². The average Bonchev–Trinajstić information content (AvgIpc) is 3.20. The molecule has 0 radical (unpaired) electrons. The van der Waals surface area contributed by atoms with E-state index in [1.807, 2.05) is 47.3 Å². The molecule has 124 valence electrons. The molecular formula is C17H18ClN5O. The van der Waals surface area contributed by atoms with Crippen molar-refractivity contribution < 1.29 is 4.79 Å². The first-order valence-electron chi connectivity index (χ1n) is 7.73. The molecule has 1 N–H and O–H groups in total. The van der Waals surface area contributed by atoms with Crippen LogP contribution in [-0.2, 0) is 6.54 Å². The molecule has 3 aromatic rings. The number of nitrogens with zero attached hydrogens (tertiary/aromatic N) is 4. The quantitative estimate of drug-likeness (QED) is 0.700. The molecule has 7 heteroatoms. The number of hydrogen-bond donors (Lipinski definition) is 1. The zero-order valence-corrected chi connectivity index (χ0v) is 14.1. The third kappa shape index (κ3) is 3.49. The molecule has 0 aliphatic rings. The van der Waals surface area contributed by atoms with Crippen molar-refractivity contribution in [3.63, 3.8) is 0 Å². The van der Waals surface area contributed by atoms with E-state index in [0.717, 1.165) is 18.7 Å². The number of benzene rings is 1. The third-order valence-corrected chi connectivity index (χ3v) is 3.99. The van der Waals surface area contributed by atoms with Gasteiger partial charge in [0.1, 0.15) is 5.15 Å². The van der Waals surface area contributed by atoms with E-state index < -0.39 is 0 Å². The number of aryl methyl sites for hydroxylation is 2. The summed E-state index contributed by atoms with van der Waals surface area (Å²) in [5.41, 5.74) is 1.84. The van der Waals surface area contributed by atoms with Gasteiger partial charge < -0.3 is 5.32 Å². The van der Waals surface area contributed by atoms with Gasteiger partial charge in [-0.15, -0.1) is 0 Å². The Morgan fingerprint density at radius 2 is 2.04 bits per heavy atom. The van der Waals surface area contributed by atoms with Gasteiger partial charge in [0.05, 0.1) is 16.9 Å². The van der Waals surface area contributed by atoms with Gasteiger partial charge in [-0.2, -0.15) is 10.2 Å². The lowest BCUT2D eigenvalue weighted by Crippen LogP contribution is -2.26. The van der Waals surface area contributed by atoms with Gasteiger partial charge in [0.25, 0.3) is 5.91 Å². The highest BCUT2D eigenvalue weighted by Gasteiger charge is 2.20. The van der Waals surface area contributed by atoms with Crippen LogP contribution < -0.4 is 5.32 Å². The monoisotopic (exact) mass is 343 g/mol. The second-order valence-electron chi connectivity index (χ2n) is 5.38. The Hall–Kier alpha value is -2.60. The van der Waals surface area contributed by atoms with Gasteiger partial charge in [-0.05, 0) is 31.5 Å². The number of nitrogens with one attached hydrogen (secondary N) is 1. The predicted molar refractivity (Wildman–Crippen MR) is 92.5 cm³/mol. The molecule has 0 saturated carbocycles. The molecule has 0 aliphatic carbocycles. The second kappa shape index (κ2) is 7.31. The number of carbonyl (C=O) groups is 1. The van der Waals surface area contributed by atoms with Crippen molar-refractivity contribution >= 4 is 17.5 Å². The molecule has 1 aromatic carbocycles. The van der Waals surface area contributed by atoms with Crippen LogP contribution in [0.5, 0.6) is 0 Å². The Kier molecular flexibility index (Phi) is 4.96. The lowest BCUT2D eigenvalue weighted by Gasteiger charge is -2.06. The topological polar surface area (TPSA) is 64.7 Å². The van der Waals surface area contributed by atoms with Crippen LogP contribution >= 0.6 is 11.6 Å². The molecule has 0 atom stereocenters. The minimum Gasteiger partial charge on any atom is -0.352 e. The zero-order valence-electron chi connectivity index (χ0n) is 13.3. The summed E-state index contributed by atoms with van der Waals surface area (Å²) < 4.78 is 3.41. The number of hydrogen-bond acceptors (Lipinski definition) is 3. The van der Waals surface area contributed by atoms with Crippen LogP contribution in [0.1, 0.15) is 22.5 Å². The summed E-state index contributed by atoms with van der Waals surface area (Å²) in [6, 6.07) is 11.4. The van der Waals surface area contributed by atoms with Gasteiger partial charge >= 0.3 is 0 Å². The Morgan fingerprint density at radius 1 is 1.25 bits per heavy atom. The molecular weight excluding hydrogens is 326 g/mol.